The predicted molar refractivity (Wildman–Crippen MR) is 114 cm³/mol. The number of hydrogen-bond acceptors (Lipinski definition) is 6. The fourth-order valence-corrected chi connectivity index (χ4v) is 4.49. The first kappa shape index (κ1) is 18.3. The van der Waals surface area contributed by atoms with Crippen molar-refractivity contribution in [3.05, 3.63) is 74.0 Å². The number of carbonyl (C=O) groups is 1. The Labute approximate surface area is 168 Å². The van der Waals surface area contributed by atoms with Crippen LogP contribution in [0.3, 0.4) is 0 Å². The first-order chi connectivity index (χ1) is 13.5. The van der Waals surface area contributed by atoms with Crippen molar-refractivity contribution < 1.29 is 4.79 Å². The number of nitrogens with zero attached hydrogens (tertiary/aromatic N) is 3. The Kier molecular flexibility index (Phi) is 4.89. The van der Waals surface area contributed by atoms with Gasteiger partial charge >= 0.3 is 0 Å². The van der Waals surface area contributed by atoms with Crippen molar-refractivity contribution in [1.82, 2.24) is 14.6 Å². The molecule has 140 valence electrons. The van der Waals surface area contributed by atoms with Gasteiger partial charge in [0.2, 0.25) is 0 Å². The van der Waals surface area contributed by atoms with E-state index in [1.165, 1.54) is 35.1 Å². The second-order valence-electron chi connectivity index (χ2n) is 6.10. The topological polar surface area (TPSA) is 76.9 Å². The van der Waals surface area contributed by atoms with Crippen LogP contribution in [-0.2, 0) is 4.79 Å². The lowest BCUT2D eigenvalue weighted by Gasteiger charge is -2.06. The van der Waals surface area contributed by atoms with Crippen molar-refractivity contribution in [3.8, 4) is 11.1 Å². The zero-order valence-electron chi connectivity index (χ0n) is 15.2. The highest BCUT2D eigenvalue weighted by Crippen LogP contribution is 2.35. The van der Waals surface area contributed by atoms with Crippen LogP contribution in [0.4, 0.5) is 0 Å². The van der Waals surface area contributed by atoms with Crippen molar-refractivity contribution in [2.24, 2.45) is 0 Å². The highest BCUT2D eigenvalue weighted by Gasteiger charge is 2.17. The number of rotatable bonds is 4. The second kappa shape index (κ2) is 7.49. The monoisotopic (exact) mass is 408 g/mol. The van der Waals surface area contributed by atoms with E-state index in [-0.39, 0.29) is 5.56 Å². The van der Waals surface area contributed by atoms with Gasteiger partial charge in [-0.05, 0) is 25.5 Å². The smallest absolute Gasteiger partial charge is 0.268 e. The van der Waals surface area contributed by atoms with Crippen LogP contribution in [0.1, 0.15) is 15.6 Å². The third-order valence-electron chi connectivity index (χ3n) is 4.12. The van der Waals surface area contributed by atoms with Gasteiger partial charge in [0, 0.05) is 21.9 Å². The van der Waals surface area contributed by atoms with E-state index >= 15 is 0 Å². The number of thiophene rings is 1. The van der Waals surface area contributed by atoms with Gasteiger partial charge in [-0.2, -0.15) is 0 Å². The summed E-state index contributed by atoms with van der Waals surface area (Å²) in [6, 6.07) is 9.71. The van der Waals surface area contributed by atoms with Crippen LogP contribution in [0.5, 0.6) is 0 Å². The Morgan fingerprint density at radius 1 is 1.21 bits per heavy atom. The Balaban J connectivity index is 1.69. The van der Waals surface area contributed by atoms with Crippen molar-refractivity contribution in [2.45, 2.75) is 13.8 Å². The maximum atomic E-state index is 13.0. The van der Waals surface area contributed by atoms with Crippen molar-refractivity contribution >= 4 is 44.9 Å². The standard InChI is InChI=1S/C20H16N4O2S2/c1-12-17(14-6-4-3-5-7-14)18-19(28-12)21-11-24(20(18)26)23-16(25)9-8-15-10-27-13(2)22-15/h3-11H,1-2H3,(H,23,25)/b9-8+. The van der Waals surface area contributed by atoms with Crippen LogP contribution >= 0.6 is 22.7 Å². The van der Waals surface area contributed by atoms with Crippen LogP contribution in [0.2, 0.25) is 0 Å². The summed E-state index contributed by atoms with van der Waals surface area (Å²) in [4.78, 5) is 35.5. The van der Waals surface area contributed by atoms with Gasteiger partial charge in [-0.3, -0.25) is 15.0 Å². The van der Waals surface area contributed by atoms with Crippen LogP contribution in [0, 0.1) is 13.8 Å². The predicted octanol–water partition coefficient (Wildman–Crippen LogP) is 3.98. The third-order valence-corrected chi connectivity index (χ3v) is 5.93. The molecule has 0 atom stereocenters. The van der Waals surface area contributed by atoms with Crippen LogP contribution in [0.25, 0.3) is 27.4 Å². The molecule has 4 aromatic rings. The maximum absolute atomic E-state index is 13.0. The van der Waals surface area contributed by atoms with E-state index in [1.54, 1.807) is 6.08 Å². The summed E-state index contributed by atoms with van der Waals surface area (Å²) in [5.74, 6) is -0.429. The molecule has 1 amide bonds. The first-order valence-electron chi connectivity index (χ1n) is 8.50. The minimum atomic E-state index is -0.429. The number of hydrogen-bond donors (Lipinski definition) is 1. The summed E-state index contributed by atoms with van der Waals surface area (Å²) in [6.07, 6.45) is 4.30. The average molecular weight is 409 g/mol. The molecule has 28 heavy (non-hydrogen) atoms. The lowest BCUT2D eigenvalue weighted by molar-refractivity contribution is -0.112. The summed E-state index contributed by atoms with van der Waals surface area (Å²) in [6.45, 7) is 3.87. The van der Waals surface area contributed by atoms with Crippen molar-refractivity contribution in [3.63, 3.8) is 0 Å². The number of aryl methyl sites for hydroxylation is 2. The number of nitrogens with one attached hydrogen (secondary N) is 1. The van der Waals surface area contributed by atoms with Gasteiger partial charge in [0.15, 0.2) is 0 Å². The molecule has 6 nitrogen and oxygen atoms in total. The Hall–Kier alpha value is -3.10. The molecule has 0 bridgehead atoms. The van der Waals surface area contributed by atoms with E-state index < -0.39 is 5.91 Å². The van der Waals surface area contributed by atoms with E-state index in [0.29, 0.717) is 15.9 Å². The van der Waals surface area contributed by atoms with Gasteiger partial charge in [-0.1, -0.05) is 30.3 Å². The zero-order chi connectivity index (χ0) is 19.7. The fraction of sp³-hybridized carbons (Fsp3) is 0.100. The number of benzene rings is 1. The molecule has 1 N–H and O–H groups in total. The van der Waals surface area contributed by atoms with Crippen LogP contribution in [-0.4, -0.2) is 20.6 Å². The molecule has 0 fully saturated rings. The number of amides is 1. The van der Waals surface area contributed by atoms with E-state index in [0.717, 1.165) is 25.7 Å². The molecule has 3 aromatic heterocycles. The normalized spacial score (nSPS) is 11.4. The van der Waals surface area contributed by atoms with Gasteiger partial charge < -0.3 is 0 Å². The highest BCUT2D eigenvalue weighted by molar-refractivity contribution is 7.19. The van der Waals surface area contributed by atoms with Gasteiger partial charge in [-0.15, -0.1) is 22.7 Å². The first-order valence-corrected chi connectivity index (χ1v) is 10.2. The quantitative estimate of drug-likeness (QED) is 0.518. The lowest BCUT2D eigenvalue weighted by Crippen LogP contribution is -2.32. The molecule has 1 aromatic carbocycles. The molecular weight excluding hydrogens is 392 g/mol. The van der Waals surface area contributed by atoms with E-state index in [1.807, 2.05) is 49.6 Å². The highest BCUT2D eigenvalue weighted by atomic mass is 32.1. The third kappa shape index (κ3) is 3.51. The van der Waals surface area contributed by atoms with Gasteiger partial charge in [0.05, 0.1) is 16.1 Å². The molecule has 8 heteroatoms. The Bertz CT molecular complexity index is 1250. The summed E-state index contributed by atoms with van der Waals surface area (Å²) >= 11 is 2.97. The van der Waals surface area contributed by atoms with E-state index in [9.17, 15) is 9.59 Å². The average Bonchev–Trinajstić information content (AvgIpc) is 3.26. The molecule has 0 aliphatic carbocycles. The molecular formula is C20H16N4O2S2. The number of carbonyl (C=O) groups excluding carboxylic acids is 1. The molecule has 0 aliphatic heterocycles. The number of thiazole rings is 1. The zero-order valence-corrected chi connectivity index (χ0v) is 16.8. The molecule has 0 spiro atoms. The summed E-state index contributed by atoms with van der Waals surface area (Å²) in [7, 11) is 0. The Morgan fingerprint density at radius 2 is 2.00 bits per heavy atom. The molecule has 0 saturated heterocycles. The summed E-state index contributed by atoms with van der Waals surface area (Å²) < 4.78 is 1.12. The van der Waals surface area contributed by atoms with E-state index in [2.05, 4.69) is 15.4 Å². The Morgan fingerprint density at radius 3 is 2.71 bits per heavy atom. The molecule has 4 rings (SSSR count). The van der Waals surface area contributed by atoms with Crippen LogP contribution < -0.4 is 11.0 Å². The van der Waals surface area contributed by atoms with Gasteiger partial charge in [-0.25, -0.2) is 14.6 Å². The second-order valence-corrected chi connectivity index (χ2v) is 8.37. The maximum Gasteiger partial charge on any atom is 0.281 e. The molecule has 0 radical (unpaired) electrons. The minimum absolute atomic E-state index is 0.306. The number of fused-ring (bicyclic) bond motifs is 1. The van der Waals surface area contributed by atoms with Crippen LogP contribution in [0.15, 0.2) is 52.9 Å². The van der Waals surface area contributed by atoms with E-state index in [4.69, 9.17) is 0 Å². The minimum Gasteiger partial charge on any atom is -0.268 e. The summed E-state index contributed by atoms with van der Waals surface area (Å²) in [5.41, 5.74) is 4.77. The fourth-order valence-electron chi connectivity index (χ4n) is 2.91. The summed E-state index contributed by atoms with van der Waals surface area (Å²) in [5, 5.41) is 3.29. The van der Waals surface area contributed by atoms with Gasteiger partial charge in [0.1, 0.15) is 11.2 Å². The largest absolute Gasteiger partial charge is 0.281 e. The van der Waals surface area contributed by atoms with Crippen molar-refractivity contribution in [2.75, 3.05) is 5.43 Å². The molecule has 0 saturated carbocycles. The SMILES string of the molecule is Cc1nc(/C=C/C(=O)Nn2cnc3sc(C)c(-c4ccccc4)c3c2=O)cs1. The molecule has 0 unspecified atom stereocenters. The molecule has 0 aliphatic rings. The van der Waals surface area contributed by atoms with Gasteiger partial charge in [0.25, 0.3) is 11.5 Å². The van der Waals surface area contributed by atoms with Crippen molar-refractivity contribution in [1.29, 1.82) is 0 Å². The number of aromatic nitrogens is 3. The molecule has 3 heterocycles. The lowest BCUT2D eigenvalue weighted by atomic mass is 10.0.